The van der Waals surface area contributed by atoms with Gasteiger partial charge in [-0.3, -0.25) is 9.97 Å². The van der Waals surface area contributed by atoms with Gasteiger partial charge in [0.15, 0.2) is 0 Å². The van der Waals surface area contributed by atoms with Gasteiger partial charge in [-0.2, -0.15) is 0 Å². The minimum atomic E-state index is -0.522. The topological polar surface area (TPSA) is 158 Å². The maximum atomic E-state index is 13.2. The fourth-order valence-corrected chi connectivity index (χ4v) is 5.49. The van der Waals surface area contributed by atoms with E-state index >= 15 is 0 Å². The molecule has 2 amide bonds. The Morgan fingerprint density at radius 2 is 1.85 bits per heavy atom. The molecule has 1 fully saturated rings. The average Bonchev–Trinajstić information content (AvgIpc) is 3.44. The van der Waals surface area contributed by atoms with Crippen LogP contribution in [0.15, 0.2) is 67.4 Å². The first-order valence-corrected chi connectivity index (χ1v) is 15.5. The molecular weight excluding hydrogens is 614 g/mol. The van der Waals surface area contributed by atoms with Crippen LogP contribution in [-0.2, 0) is 23.1 Å². The second-order valence-electron chi connectivity index (χ2n) is 11.4. The second kappa shape index (κ2) is 14.3. The Labute approximate surface area is 277 Å². The van der Waals surface area contributed by atoms with E-state index in [2.05, 4.69) is 35.8 Å². The molecule has 6 rings (SSSR count). The Morgan fingerprint density at radius 1 is 1.04 bits per heavy atom. The lowest BCUT2D eigenvalue weighted by Gasteiger charge is -2.31. The van der Waals surface area contributed by atoms with Crippen molar-refractivity contribution in [1.82, 2.24) is 29.8 Å². The number of ether oxygens (including phenoxy) is 3. The van der Waals surface area contributed by atoms with Gasteiger partial charge in [0, 0.05) is 67.5 Å². The molecular formula is C34H37N9O5. The van der Waals surface area contributed by atoms with Crippen LogP contribution in [0.1, 0.15) is 29.9 Å². The first-order valence-electron chi connectivity index (χ1n) is 15.5. The van der Waals surface area contributed by atoms with Gasteiger partial charge in [-0.1, -0.05) is 18.2 Å². The number of amides is 2. The number of nitrogens with one attached hydrogen (secondary N) is 3. The normalized spacial score (nSPS) is 13.0. The summed E-state index contributed by atoms with van der Waals surface area (Å²) in [5.41, 5.74) is 4.81. The van der Waals surface area contributed by atoms with Gasteiger partial charge in [-0.05, 0) is 26.0 Å². The molecule has 5 aromatic rings. The molecule has 4 heterocycles. The molecule has 14 nitrogen and oxygen atoms in total. The Balaban J connectivity index is 1.37. The Kier molecular flexibility index (Phi) is 9.62. The minimum Gasteiger partial charge on any atom is -0.494 e. The molecule has 0 spiro atoms. The zero-order valence-corrected chi connectivity index (χ0v) is 27.2. The van der Waals surface area contributed by atoms with E-state index < -0.39 is 12.0 Å². The van der Waals surface area contributed by atoms with Crippen molar-refractivity contribution in [2.75, 3.05) is 48.9 Å². The predicted octanol–water partition coefficient (Wildman–Crippen LogP) is 4.90. The van der Waals surface area contributed by atoms with Crippen LogP contribution in [0.3, 0.4) is 0 Å². The Bertz CT molecular complexity index is 1920. The maximum absolute atomic E-state index is 13.2. The van der Waals surface area contributed by atoms with Crippen LogP contribution in [-0.4, -0.2) is 76.0 Å². The van der Waals surface area contributed by atoms with E-state index in [0.29, 0.717) is 54.8 Å². The molecule has 48 heavy (non-hydrogen) atoms. The maximum Gasteiger partial charge on any atom is 0.342 e. The third-order valence-corrected chi connectivity index (χ3v) is 7.71. The van der Waals surface area contributed by atoms with Crippen LogP contribution < -0.4 is 25.6 Å². The molecule has 1 saturated heterocycles. The van der Waals surface area contributed by atoms with Gasteiger partial charge >= 0.3 is 12.0 Å². The van der Waals surface area contributed by atoms with Gasteiger partial charge in [0.05, 0.1) is 67.6 Å². The molecule has 0 atom stereocenters. The molecule has 3 N–H and O–H groups in total. The van der Waals surface area contributed by atoms with E-state index in [1.54, 1.807) is 45.6 Å². The van der Waals surface area contributed by atoms with Crippen molar-refractivity contribution in [2.45, 2.75) is 26.5 Å². The van der Waals surface area contributed by atoms with Gasteiger partial charge in [0.2, 0.25) is 5.95 Å². The SMILES string of the molecule is COc1cc(N2CCOCC2)c(NC(=O)NCc2cnccn2)cc1Nc1ncc(C(=O)OC(C)C)c(-c2cn(C)c3ccccc23)n1. The highest BCUT2D eigenvalue weighted by Crippen LogP contribution is 2.39. The molecule has 1 aliphatic rings. The number of aryl methyl sites for hydroxylation is 1. The molecule has 0 unspecified atom stereocenters. The van der Waals surface area contributed by atoms with E-state index in [1.165, 1.54) is 6.20 Å². The molecule has 1 aliphatic heterocycles. The number of urea groups is 1. The van der Waals surface area contributed by atoms with E-state index in [4.69, 9.17) is 19.2 Å². The summed E-state index contributed by atoms with van der Waals surface area (Å²) in [4.78, 5) is 46.0. The number of methoxy groups -OCH3 is 1. The number of morpholine rings is 1. The summed E-state index contributed by atoms with van der Waals surface area (Å²) in [5.74, 6) is 0.195. The number of esters is 1. The highest BCUT2D eigenvalue weighted by atomic mass is 16.5. The van der Waals surface area contributed by atoms with E-state index in [0.717, 1.165) is 22.2 Å². The first-order chi connectivity index (χ1) is 23.3. The van der Waals surface area contributed by atoms with Crippen LogP contribution in [0.2, 0.25) is 0 Å². The van der Waals surface area contributed by atoms with Crippen molar-refractivity contribution >= 4 is 45.9 Å². The molecule has 0 aliphatic carbocycles. The largest absolute Gasteiger partial charge is 0.494 e. The highest BCUT2D eigenvalue weighted by molar-refractivity contribution is 6.03. The number of carbonyl (C=O) groups is 2. The predicted molar refractivity (Wildman–Crippen MR) is 182 cm³/mol. The summed E-state index contributed by atoms with van der Waals surface area (Å²) in [5, 5.41) is 9.99. The lowest BCUT2D eigenvalue weighted by Crippen LogP contribution is -2.37. The molecule has 0 bridgehead atoms. The molecule has 0 saturated carbocycles. The number of aromatic nitrogens is 5. The van der Waals surface area contributed by atoms with Crippen molar-refractivity contribution in [3.8, 4) is 17.0 Å². The summed E-state index contributed by atoms with van der Waals surface area (Å²) in [7, 11) is 3.51. The van der Waals surface area contributed by atoms with Gasteiger partial charge in [-0.25, -0.2) is 19.6 Å². The van der Waals surface area contributed by atoms with Crippen LogP contribution in [0.4, 0.5) is 27.8 Å². The van der Waals surface area contributed by atoms with Crippen molar-refractivity contribution in [3.05, 3.63) is 78.6 Å². The van der Waals surface area contributed by atoms with Crippen molar-refractivity contribution in [3.63, 3.8) is 0 Å². The quantitative estimate of drug-likeness (QED) is 0.176. The number of nitrogens with zero attached hydrogens (tertiary/aromatic N) is 6. The van der Waals surface area contributed by atoms with E-state index in [1.807, 2.05) is 48.1 Å². The Hall–Kier alpha value is -5.76. The first kappa shape index (κ1) is 32.2. The highest BCUT2D eigenvalue weighted by Gasteiger charge is 2.24. The van der Waals surface area contributed by atoms with Gasteiger partial charge in [0.25, 0.3) is 0 Å². The molecule has 248 valence electrons. The standard InChI is InChI=1S/C34H37N9O5/c1-21(2)48-32(44)24-19-37-33(41-31(24)25-20-42(3)28-8-6-5-7-23(25)28)39-27-15-26(40-34(45)38-18-22-17-35-9-10-36-22)29(16-30(27)46-4)43-11-13-47-14-12-43/h5-10,15-17,19-21H,11-14,18H2,1-4H3,(H,37,39,41)(H2,38,40,45). The van der Waals surface area contributed by atoms with Crippen molar-refractivity contribution in [2.24, 2.45) is 7.05 Å². The molecule has 3 aromatic heterocycles. The van der Waals surface area contributed by atoms with Crippen LogP contribution in [0.25, 0.3) is 22.2 Å². The van der Waals surface area contributed by atoms with Crippen molar-refractivity contribution in [1.29, 1.82) is 0 Å². The number of carbonyl (C=O) groups excluding carboxylic acids is 2. The number of rotatable bonds is 10. The van der Waals surface area contributed by atoms with Crippen LogP contribution in [0, 0.1) is 0 Å². The average molecular weight is 652 g/mol. The number of hydrogen-bond donors (Lipinski definition) is 3. The minimum absolute atomic E-state index is 0.199. The van der Waals surface area contributed by atoms with Gasteiger partial charge in [0.1, 0.15) is 11.3 Å². The lowest BCUT2D eigenvalue weighted by atomic mass is 10.1. The van der Waals surface area contributed by atoms with Crippen molar-refractivity contribution < 1.29 is 23.8 Å². The Morgan fingerprint density at radius 3 is 2.60 bits per heavy atom. The van der Waals surface area contributed by atoms with E-state index in [-0.39, 0.29) is 24.2 Å². The lowest BCUT2D eigenvalue weighted by molar-refractivity contribution is 0.0378. The zero-order chi connectivity index (χ0) is 33.6. The monoisotopic (exact) mass is 651 g/mol. The molecule has 14 heteroatoms. The summed E-state index contributed by atoms with van der Waals surface area (Å²) >= 11 is 0. The zero-order valence-electron chi connectivity index (χ0n) is 27.2. The fraction of sp³-hybridized carbons (Fsp3) is 0.294. The van der Waals surface area contributed by atoms with E-state index in [9.17, 15) is 9.59 Å². The molecule has 2 aromatic carbocycles. The number of benzene rings is 2. The third-order valence-electron chi connectivity index (χ3n) is 7.71. The van der Waals surface area contributed by atoms with Gasteiger partial charge in [-0.15, -0.1) is 0 Å². The number of hydrogen-bond acceptors (Lipinski definition) is 11. The van der Waals surface area contributed by atoms with Gasteiger partial charge < -0.3 is 39.6 Å². The third kappa shape index (κ3) is 7.13. The number of fused-ring (bicyclic) bond motifs is 1. The molecule has 0 radical (unpaired) electrons. The number of para-hydroxylation sites is 1. The second-order valence-corrected chi connectivity index (χ2v) is 11.4. The van der Waals surface area contributed by atoms with Crippen LogP contribution in [0.5, 0.6) is 5.75 Å². The number of anilines is 4. The van der Waals surface area contributed by atoms with Crippen LogP contribution >= 0.6 is 0 Å². The smallest absolute Gasteiger partial charge is 0.342 e. The summed E-state index contributed by atoms with van der Waals surface area (Å²) in [6.45, 7) is 6.16. The summed E-state index contributed by atoms with van der Waals surface area (Å²) in [6.07, 6.45) is 7.81. The fourth-order valence-electron chi connectivity index (χ4n) is 5.49. The summed E-state index contributed by atoms with van der Waals surface area (Å²) in [6, 6.07) is 11.1. The summed E-state index contributed by atoms with van der Waals surface area (Å²) < 4.78 is 18.9.